The molecule has 0 aromatic heterocycles. The second-order valence-electron chi connectivity index (χ2n) is 9.62. The lowest BCUT2D eigenvalue weighted by Crippen LogP contribution is -1.91. The van der Waals surface area contributed by atoms with Crippen LogP contribution in [-0.4, -0.2) is 0 Å². The third-order valence-electron chi connectivity index (χ3n) is 7.51. The maximum Gasteiger partial charge on any atom is 0.0212 e. The first-order chi connectivity index (χ1) is 16.1. The van der Waals surface area contributed by atoms with Crippen LogP contribution in [0.2, 0.25) is 0 Å². The van der Waals surface area contributed by atoms with Gasteiger partial charge in [0.1, 0.15) is 0 Å². The Morgan fingerprint density at radius 2 is 0.939 bits per heavy atom. The van der Waals surface area contributed by atoms with Gasteiger partial charge in [-0.05, 0) is 92.4 Å². The molecule has 0 heteroatoms. The lowest BCUT2D eigenvalue weighted by atomic mass is 9.93. The molecule has 2 atom stereocenters. The van der Waals surface area contributed by atoms with Crippen LogP contribution < -0.4 is 0 Å². The molecule has 0 nitrogen and oxygen atoms in total. The molecule has 0 N–H and O–H groups in total. The molecule has 4 aromatic carbocycles. The fraction of sp³-hybridized carbons (Fsp3) is 0.242. The van der Waals surface area contributed by atoms with E-state index in [-0.39, 0.29) is 0 Å². The molecular weight excluding hydrogens is 396 g/mol. The van der Waals surface area contributed by atoms with Crippen molar-refractivity contribution in [2.45, 2.75) is 52.4 Å². The molecule has 1 aliphatic rings. The second-order valence-corrected chi connectivity index (χ2v) is 9.62. The van der Waals surface area contributed by atoms with Gasteiger partial charge in [0, 0.05) is 6.42 Å². The van der Waals surface area contributed by atoms with Crippen LogP contribution in [0.15, 0.2) is 84.9 Å². The van der Waals surface area contributed by atoms with Crippen LogP contribution in [0, 0.1) is 6.42 Å². The SMILES string of the molecule is CCC(C)c1cccc(-c2ccc3c(c2)[CH]c2cc(-c4cccc(C(C)CC)c4)ccc2-3)c1. The Bertz CT molecular complexity index is 1190. The predicted octanol–water partition coefficient (Wildman–Crippen LogP) is 9.63. The van der Waals surface area contributed by atoms with Crippen LogP contribution in [-0.2, 0) is 0 Å². The highest BCUT2D eigenvalue weighted by Gasteiger charge is 2.20. The van der Waals surface area contributed by atoms with Gasteiger partial charge in [-0.2, -0.15) is 0 Å². The summed E-state index contributed by atoms with van der Waals surface area (Å²) >= 11 is 0. The zero-order valence-electron chi connectivity index (χ0n) is 20.2. The van der Waals surface area contributed by atoms with Crippen LogP contribution in [0.5, 0.6) is 0 Å². The quantitative estimate of drug-likeness (QED) is 0.252. The van der Waals surface area contributed by atoms with Gasteiger partial charge in [-0.3, -0.25) is 0 Å². The summed E-state index contributed by atoms with van der Waals surface area (Å²) < 4.78 is 0. The van der Waals surface area contributed by atoms with Crippen molar-refractivity contribution in [3.05, 3.63) is 114 Å². The third kappa shape index (κ3) is 4.15. The van der Waals surface area contributed by atoms with Crippen molar-refractivity contribution in [3.63, 3.8) is 0 Å². The molecular formula is C33H33. The van der Waals surface area contributed by atoms with E-state index >= 15 is 0 Å². The first kappa shape index (κ1) is 21.7. The number of rotatable bonds is 6. The molecule has 0 heterocycles. The average Bonchev–Trinajstić information content (AvgIpc) is 3.24. The van der Waals surface area contributed by atoms with E-state index in [4.69, 9.17) is 0 Å². The lowest BCUT2D eigenvalue weighted by molar-refractivity contribution is 0.734. The standard InChI is InChI=1S/C33H33/c1-5-22(3)24-9-7-11-26(17-24)28-13-15-32-30(19-28)21-31-20-29(14-16-33(31)32)27-12-8-10-25(18-27)23(4)6-2/h7-23H,5-6H2,1-4H3. The van der Waals surface area contributed by atoms with Gasteiger partial charge in [-0.15, -0.1) is 0 Å². The number of benzene rings is 4. The smallest absolute Gasteiger partial charge is 0.0212 e. The van der Waals surface area contributed by atoms with Gasteiger partial charge in [0.05, 0.1) is 0 Å². The van der Waals surface area contributed by atoms with Crippen molar-refractivity contribution in [2.75, 3.05) is 0 Å². The summed E-state index contributed by atoms with van der Waals surface area (Å²) in [5, 5.41) is 0. The molecule has 5 rings (SSSR count). The minimum atomic E-state index is 0.590. The molecule has 1 aliphatic carbocycles. The highest BCUT2D eigenvalue weighted by molar-refractivity contribution is 5.86. The highest BCUT2D eigenvalue weighted by Crippen LogP contribution is 2.42. The van der Waals surface area contributed by atoms with Gasteiger partial charge in [-0.25, -0.2) is 0 Å². The summed E-state index contributed by atoms with van der Waals surface area (Å²) in [6.07, 6.45) is 4.69. The van der Waals surface area contributed by atoms with Crippen LogP contribution in [0.25, 0.3) is 33.4 Å². The molecule has 4 aromatic rings. The molecule has 0 bridgehead atoms. The molecule has 1 radical (unpaired) electrons. The van der Waals surface area contributed by atoms with Gasteiger partial charge >= 0.3 is 0 Å². The van der Waals surface area contributed by atoms with E-state index in [1.807, 2.05) is 0 Å². The number of fused-ring (bicyclic) bond motifs is 3. The highest BCUT2D eigenvalue weighted by atomic mass is 14.2. The summed E-state index contributed by atoms with van der Waals surface area (Å²) in [6, 6.07) is 32.0. The maximum absolute atomic E-state index is 2.36. The predicted molar refractivity (Wildman–Crippen MR) is 143 cm³/mol. The Labute approximate surface area is 199 Å². The molecule has 0 aliphatic heterocycles. The normalized spacial score (nSPS) is 13.9. The first-order valence-electron chi connectivity index (χ1n) is 12.4. The molecule has 0 saturated carbocycles. The minimum absolute atomic E-state index is 0.590. The zero-order chi connectivity index (χ0) is 22.9. The van der Waals surface area contributed by atoms with Gasteiger partial charge in [-0.1, -0.05) is 100 Å². The van der Waals surface area contributed by atoms with Crippen molar-refractivity contribution in [2.24, 2.45) is 0 Å². The maximum atomic E-state index is 2.36. The summed E-state index contributed by atoms with van der Waals surface area (Å²) in [6.45, 7) is 9.13. The Hall–Kier alpha value is -3.12. The molecule has 0 amide bonds. The van der Waals surface area contributed by atoms with Crippen LogP contribution in [0.3, 0.4) is 0 Å². The Balaban J connectivity index is 1.46. The second kappa shape index (κ2) is 9.02. The minimum Gasteiger partial charge on any atom is -0.0648 e. The third-order valence-corrected chi connectivity index (χ3v) is 7.51. The van der Waals surface area contributed by atoms with E-state index in [9.17, 15) is 0 Å². The molecule has 33 heavy (non-hydrogen) atoms. The van der Waals surface area contributed by atoms with Crippen LogP contribution in [0.1, 0.15) is 74.6 Å². The Kier molecular flexibility index (Phi) is 5.94. The van der Waals surface area contributed by atoms with Crippen molar-refractivity contribution in [1.82, 2.24) is 0 Å². The molecule has 0 saturated heterocycles. The van der Waals surface area contributed by atoms with E-state index in [0.29, 0.717) is 11.8 Å². The van der Waals surface area contributed by atoms with E-state index < -0.39 is 0 Å². The van der Waals surface area contributed by atoms with E-state index in [0.717, 1.165) is 0 Å². The number of hydrogen-bond acceptors (Lipinski definition) is 0. The summed E-state index contributed by atoms with van der Waals surface area (Å²) in [7, 11) is 0. The van der Waals surface area contributed by atoms with Crippen LogP contribution in [0.4, 0.5) is 0 Å². The van der Waals surface area contributed by atoms with Crippen molar-refractivity contribution >= 4 is 0 Å². The van der Waals surface area contributed by atoms with Crippen LogP contribution >= 0.6 is 0 Å². The average molecular weight is 430 g/mol. The largest absolute Gasteiger partial charge is 0.0648 e. The lowest BCUT2D eigenvalue weighted by Gasteiger charge is -2.12. The topological polar surface area (TPSA) is 0 Å². The van der Waals surface area contributed by atoms with Gasteiger partial charge in [0.15, 0.2) is 0 Å². The summed E-state index contributed by atoms with van der Waals surface area (Å²) in [5.74, 6) is 1.18. The molecule has 0 spiro atoms. The first-order valence-corrected chi connectivity index (χ1v) is 12.4. The fourth-order valence-corrected chi connectivity index (χ4v) is 4.90. The van der Waals surface area contributed by atoms with Crippen molar-refractivity contribution in [1.29, 1.82) is 0 Å². The van der Waals surface area contributed by atoms with E-state index in [2.05, 4.69) is 119 Å². The Morgan fingerprint density at radius 1 is 0.515 bits per heavy atom. The molecule has 0 fully saturated rings. The number of hydrogen-bond donors (Lipinski definition) is 0. The fourth-order valence-electron chi connectivity index (χ4n) is 4.90. The van der Waals surface area contributed by atoms with Gasteiger partial charge in [0.2, 0.25) is 0 Å². The molecule has 2 unspecified atom stereocenters. The molecule has 165 valence electrons. The van der Waals surface area contributed by atoms with Gasteiger partial charge < -0.3 is 0 Å². The van der Waals surface area contributed by atoms with Gasteiger partial charge in [0.25, 0.3) is 0 Å². The Morgan fingerprint density at radius 3 is 1.36 bits per heavy atom. The van der Waals surface area contributed by atoms with Crippen molar-refractivity contribution in [3.8, 4) is 33.4 Å². The summed E-state index contributed by atoms with van der Waals surface area (Å²) in [5.41, 5.74) is 13.4. The van der Waals surface area contributed by atoms with Crippen molar-refractivity contribution < 1.29 is 0 Å². The zero-order valence-corrected chi connectivity index (χ0v) is 20.2. The monoisotopic (exact) mass is 429 g/mol. The summed E-state index contributed by atoms with van der Waals surface area (Å²) in [4.78, 5) is 0. The van der Waals surface area contributed by atoms with E-state index in [1.165, 1.54) is 68.5 Å². The van der Waals surface area contributed by atoms with E-state index in [1.54, 1.807) is 0 Å².